The summed E-state index contributed by atoms with van der Waals surface area (Å²) in [5, 5.41) is 10.2. The second-order valence-corrected chi connectivity index (χ2v) is 12.8. The highest BCUT2D eigenvalue weighted by atomic mass is 19.4. The maximum Gasteiger partial charge on any atom is 0.417 e. The summed E-state index contributed by atoms with van der Waals surface area (Å²) in [4.78, 5) is 12.7. The molecule has 2 N–H and O–H groups in total. The minimum atomic E-state index is -4.88. The van der Waals surface area contributed by atoms with Crippen molar-refractivity contribution in [3.63, 3.8) is 0 Å². The largest absolute Gasteiger partial charge is 0.467 e. The molecule has 46 heavy (non-hydrogen) atoms. The molecule has 0 aliphatic carbocycles. The predicted octanol–water partition coefficient (Wildman–Crippen LogP) is 6.23. The van der Waals surface area contributed by atoms with Crippen LogP contribution in [0.1, 0.15) is 48.9 Å². The lowest BCUT2D eigenvalue weighted by atomic mass is 9.90. The number of aryl methyl sites for hydroxylation is 2. The molecule has 4 unspecified atom stereocenters. The molecule has 8 rings (SSSR count). The van der Waals surface area contributed by atoms with Gasteiger partial charge >= 0.3 is 12.2 Å². The number of nitrogens with one attached hydrogen (secondary N) is 2. The van der Waals surface area contributed by atoms with Crippen LogP contribution in [0.3, 0.4) is 0 Å². The normalized spacial score (nSPS) is 24.5. The summed E-state index contributed by atoms with van der Waals surface area (Å²) in [6, 6.07) is 3.15. The molecule has 0 radical (unpaired) electrons. The molecular formula is C32H35F6N7O. The topological polar surface area (TPSA) is 82.2 Å². The molecule has 2 bridgehead atoms. The van der Waals surface area contributed by atoms with E-state index in [0.29, 0.717) is 25.7 Å². The van der Waals surface area contributed by atoms with Crippen LogP contribution in [0.15, 0.2) is 12.1 Å². The summed E-state index contributed by atoms with van der Waals surface area (Å²) < 4.78 is 92.9. The van der Waals surface area contributed by atoms with Crippen molar-refractivity contribution in [3.8, 4) is 17.1 Å². The Morgan fingerprint density at radius 3 is 2.39 bits per heavy atom. The molecule has 14 heteroatoms. The third-order valence-corrected chi connectivity index (χ3v) is 9.76. The number of rotatable bonds is 3. The van der Waals surface area contributed by atoms with Gasteiger partial charge in [0.25, 0.3) is 0 Å². The van der Waals surface area contributed by atoms with E-state index in [1.165, 1.54) is 39.9 Å². The molecule has 8 nitrogen and oxygen atoms in total. The van der Waals surface area contributed by atoms with E-state index in [4.69, 9.17) is 4.74 Å². The minimum absolute atomic E-state index is 0.00463. The van der Waals surface area contributed by atoms with E-state index in [-0.39, 0.29) is 57.0 Å². The maximum atomic E-state index is 16.3. The molecule has 246 valence electrons. The zero-order chi connectivity index (χ0) is 32.5. The number of H-pyrrole nitrogens is 1. The number of benzene rings is 2. The third-order valence-electron chi connectivity index (χ3n) is 9.76. The number of nitrogens with zero attached hydrogens (tertiary/aromatic N) is 5. The predicted molar refractivity (Wildman–Crippen MR) is 162 cm³/mol. The van der Waals surface area contributed by atoms with E-state index in [0.717, 1.165) is 31.9 Å². The zero-order valence-electron chi connectivity index (χ0n) is 25.7. The highest BCUT2D eigenvalue weighted by Crippen LogP contribution is 2.47. The van der Waals surface area contributed by atoms with Crippen molar-refractivity contribution in [2.75, 3.05) is 38.2 Å². The van der Waals surface area contributed by atoms with Gasteiger partial charge in [-0.05, 0) is 70.2 Å². The first-order chi connectivity index (χ1) is 21.9. The number of ether oxygens (including phenoxy) is 1. The Morgan fingerprint density at radius 2 is 1.72 bits per heavy atom. The van der Waals surface area contributed by atoms with Gasteiger partial charge in [0, 0.05) is 59.8 Å². The lowest BCUT2D eigenvalue weighted by Gasteiger charge is -2.34. The molecule has 4 aromatic rings. The average Bonchev–Trinajstić information content (AvgIpc) is 3.76. The molecule has 0 spiro atoms. The van der Waals surface area contributed by atoms with Gasteiger partial charge in [-0.3, -0.25) is 10.00 Å². The number of hydrogen-bond donors (Lipinski definition) is 2. The van der Waals surface area contributed by atoms with Crippen molar-refractivity contribution >= 4 is 27.6 Å². The maximum absolute atomic E-state index is 16.3. The van der Waals surface area contributed by atoms with Crippen molar-refractivity contribution in [1.82, 2.24) is 30.4 Å². The molecule has 4 aliphatic heterocycles. The van der Waals surface area contributed by atoms with Gasteiger partial charge in [-0.2, -0.15) is 28.2 Å². The van der Waals surface area contributed by atoms with Crippen LogP contribution in [0.25, 0.3) is 32.9 Å². The number of alkyl halides is 4. The van der Waals surface area contributed by atoms with Gasteiger partial charge in [0.1, 0.15) is 23.3 Å². The van der Waals surface area contributed by atoms with Gasteiger partial charge in [0.2, 0.25) is 0 Å². The highest BCUT2D eigenvalue weighted by Gasteiger charge is 2.40. The number of methoxy groups -OCH3 is 1. The smallest absolute Gasteiger partial charge is 0.417 e. The summed E-state index contributed by atoms with van der Waals surface area (Å²) >= 11 is 0. The van der Waals surface area contributed by atoms with Crippen LogP contribution < -0.4 is 15.0 Å². The number of aromatic amines is 1. The van der Waals surface area contributed by atoms with Crippen LogP contribution >= 0.6 is 0 Å². The van der Waals surface area contributed by atoms with E-state index < -0.39 is 40.7 Å². The Labute approximate surface area is 261 Å². The van der Waals surface area contributed by atoms with E-state index in [1.807, 2.05) is 4.90 Å². The van der Waals surface area contributed by atoms with Crippen LogP contribution in [0.5, 0.6) is 6.01 Å². The Bertz CT molecular complexity index is 1790. The van der Waals surface area contributed by atoms with Gasteiger partial charge in [0.15, 0.2) is 5.82 Å². The van der Waals surface area contributed by atoms with Gasteiger partial charge in [-0.15, -0.1) is 0 Å². The van der Waals surface area contributed by atoms with E-state index in [9.17, 15) is 17.6 Å². The van der Waals surface area contributed by atoms with E-state index in [1.54, 1.807) is 0 Å². The van der Waals surface area contributed by atoms with Gasteiger partial charge in [-0.25, -0.2) is 13.2 Å². The number of fused-ring (bicyclic) bond motifs is 5. The minimum Gasteiger partial charge on any atom is -0.467 e. The number of anilines is 1. The Hall–Kier alpha value is -3.65. The third kappa shape index (κ3) is 5.32. The molecule has 0 amide bonds. The first-order valence-corrected chi connectivity index (χ1v) is 15.6. The fourth-order valence-corrected chi connectivity index (χ4v) is 7.80. The second kappa shape index (κ2) is 11.5. The fraction of sp³-hybridized carbons (Fsp3) is 0.531. The number of piperazine rings is 1. The molecule has 4 atom stereocenters. The quantitative estimate of drug-likeness (QED) is 0.255. The summed E-state index contributed by atoms with van der Waals surface area (Å²) in [5.41, 5.74) is -2.62. The standard InChI is InChI=1S/C25H23F5N6O.C7H12FN/c1-10-6-16-17(11(2)34-35-16)19(20(10)25(28,29)30)18-15(26)7-14-22(21(18)27)32-24(37-3)33-23(14)36-8-12-4-5-13(9-36)31-12;8-6-4-7-2-1-3-9(7)5-6/h6-7,12-13,31H,4-5,8-9H2,1-3H3,(H,34,35);6-7H,1-5H2. The molecule has 4 saturated heterocycles. The first-order valence-electron chi connectivity index (χ1n) is 15.6. The van der Waals surface area contributed by atoms with Crippen molar-refractivity contribution in [3.05, 3.63) is 40.6 Å². The van der Waals surface area contributed by atoms with Crippen LogP contribution in [0.4, 0.5) is 32.2 Å². The number of hydrogen-bond acceptors (Lipinski definition) is 7. The lowest BCUT2D eigenvalue weighted by molar-refractivity contribution is -0.137. The van der Waals surface area contributed by atoms with Crippen molar-refractivity contribution in [1.29, 1.82) is 0 Å². The van der Waals surface area contributed by atoms with Crippen LogP contribution in [0, 0.1) is 25.5 Å². The van der Waals surface area contributed by atoms with Crippen molar-refractivity contribution < 1.29 is 31.1 Å². The van der Waals surface area contributed by atoms with Crippen LogP contribution in [-0.4, -0.2) is 82.7 Å². The molecule has 4 fully saturated rings. The molecule has 2 aromatic heterocycles. The first kappa shape index (κ1) is 31.0. The van der Waals surface area contributed by atoms with E-state index >= 15 is 8.78 Å². The summed E-state index contributed by atoms with van der Waals surface area (Å²) in [6.45, 7) is 5.75. The summed E-state index contributed by atoms with van der Waals surface area (Å²) in [7, 11) is 1.31. The average molecular weight is 648 g/mol. The lowest BCUT2D eigenvalue weighted by Crippen LogP contribution is -2.51. The van der Waals surface area contributed by atoms with Crippen molar-refractivity contribution in [2.45, 2.75) is 76.4 Å². The van der Waals surface area contributed by atoms with Gasteiger partial charge < -0.3 is 15.0 Å². The fourth-order valence-electron chi connectivity index (χ4n) is 7.80. The number of halogens is 6. The Morgan fingerprint density at radius 1 is 0.978 bits per heavy atom. The second-order valence-electron chi connectivity index (χ2n) is 12.8. The van der Waals surface area contributed by atoms with Crippen LogP contribution in [0.2, 0.25) is 0 Å². The van der Waals surface area contributed by atoms with E-state index in [2.05, 4.69) is 30.4 Å². The molecular weight excluding hydrogens is 612 g/mol. The molecule has 6 heterocycles. The Kier molecular flexibility index (Phi) is 7.78. The van der Waals surface area contributed by atoms with Crippen molar-refractivity contribution in [2.24, 2.45) is 0 Å². The molecule has 0 saturated carbocycles. The number of aromatic nitrogens is 4. The summed E-state index contributed by atoms with van der Waals surface area (Å²) in [6.07, 6.45) is -0.114. The highest BCUT2D eigenvalue weighted by molar-refractivity contribution is 6.02. The SMILES string of the molecule is COc1nc(N2CC3CCC(C2)N3)c2cc(F)c(-c3c(C(F)(F)F)c(C)cc4n[nH]c(C)c34)c(F)c2n1.FC1CC2CCCN2C1. The Balaban J connectivity index is 0.000000321. The zero-order valence-corrected chi connectivity index (χ0v) is 25.7. The molecule has 2 aromatic carbocycles. The van der Waals surface area contributed by atoms with Gasteiger partial charge in [-0.1, -0.05) is 0 Å². The van der Waals surface area contributed by atoms with Crippen LogP contribution in [-0.2, 0) is 6.18 Å². The monoisotopic (exact) mass is 647 g/mol. The van der Waals surface area contributed by atoms with Gasteiger partial charge in [0.05, 0.1) is 23.8 Å². The summed E-state index contributed by atoms with van der Waals surface area (Å²) in [5.74, 6) is -2.07. The molecule has 4 aliphatic rings.